The average molecular weight is 295 g/mol. The van der Waals surface area contributed by atoms with Crippen LogP contribution in [0.25, 0.3) is 0 Å². The molecule has 0 rings (SSSR count). The molecule has 114 valence electrons. The molecule has 10 heteroatoms. The number of oxime groups is 1. The first-order valence-electron chi connectivity index (χ1n) is 5.34. The molecule has 0 aliphatic rings. The van der Waals surface area contributed by atoms with Crippen molar-refractivity contribution in [3.05, 3.63) is 0 Å². The first-order chi connectivity index (χ1) is 8.51. The van der Waals surface area contributed by atoms with Gasteiger partial charge in [-0.1, -0.05) is 12.1 Å². The van der Waals surface area contributed by atoms with Crippen LogP contribution in [0.3, 0.4) is 0 Å². The van der Waals surface area contributed by atoms with Gasteiger partial charge in [-0.05, 0) is 13.0 Å². The van der Waals surface area contributed by atoms with Crippen molar-refractivity contribution in [3.63, 3.8) is 0 Å². The number of halogens is 6. The van der Waals surface area contributed by atoms with Crippen molar-refractivity contribution in [1.29, 1.82) is 0 Å². The van der Waals surface area contributed by atoms with E-state index in [2.05, 4.69) is 5.16 Å². The van der Waals surface area contributed by atoms with Crippen LogP contribution in [-0.4, -0.2) is 47.9 Å². The summed E-state index contributed by atoms with van der Waals surface area (Å²) in [5.74, 6) is -3.60. The molecule has 0 saturated carbocycles. The fourth-order valence-electron chi connectivity index (χ4n) is 1.50. The lowest BCUT2D eigenvalue weighted by Crippen LogP contribution is -2.47. The lowest BCUT2D eigenvalue weighted by molar-refractivity contribution is -0.174. The van der Waals surface area contributed by atoms with E-state index in [0.29, 0.717) is 4.90 Å². The van der Waals surface area contributed by atoms with Gasteiger partial charge in [-0.15, -0.1) is 0 Å². The van der Waals surface area contributed by atoms with Gasteiger partial charge in [0.25, 0.3) is 0 Å². The Morgan fingerprint density at radius 3 is 2.11 bits per heavy atom. The van der Waals surface area contributed by atoms with E-state index in [-0.39, 0.29) is 13.0 Å². The summed E-state index contributed by atoms with van der Waals surface area (Å²) in [6.45, 7) is -1.13. The maximum Gasteiger partial charge on any atom is 0.401 e. The lowest BCUT2D eigenvalue weighted by Gasteiger charge is -2.28. The fourth-order valence-corrected chi connectivity index (χ4v) is 1.50. The number of amidine groups is 1. The van der Waals surface area contributed by atoms with Gasteiger partial charge in [-0.3, -0.25) is 4.90 Å². The number of nitrogens with zero attached hydrogens (tertiary/aromatic N) is 2. The SMILES string of the molecule is CCCN(CC(C(N)=NO)C(F)(F)F)CC(F)(F)F. The van der Waals surface area contributed by atoms with Crippen molar-refractivity contribution >= 4 is 5.84 Å². The second kappa shape index (κ2) is 6.83. The second-order valence-electron chi connectivity index (χ2n) is 3.97. The van der Waals surface area contributed by atoms with E-state index in [1.165, 1.54) is 6.92 Å². The van der Waals surface area contributed by atoms with E-state index in [0.717, 1.165) is 0 Å². The smallest absolute Gasteiger partial charge is 0.401 e. The van der Waals surface area contributed by atoms with Crippen LogP contribution >= 0.6 is 0 Å². The highest BCUT2D eigenvalue weighted by Crippen LogP contribution is 2.28. The third-order valence-corrected chi connectivity index (χ3v) is 2.25. The summed E-state index contributed by atoms with van der Waals surface area (Å²) in [4.78, 5) is 0.580. The number of alkyl halides is 6. The highest BCUT2D eigenvalue weighted by atomic mass is 19.4. The zero-order valence-corrected chi connectivity index (χ0v) is 10.1. The summed E-state index contributed by atoms with van der Waals surface area (Å²) < 4.78 is 74.5. The van der Waals surface area contributed by atoms with E-state index < -0.39 is 37.2 Å². The maximum absolute atomic E-state index is 12.6. The van der Waals surface area contributed by atoms with Crippen LogP contribution in [0.2, 0.25) is 0 Å². The van der Waals surface area contributed by atoms with Crippen LogP contribution in [0, 0.1) is 5.92 Å². The third-order valence-electron chi connectivity index (χ3n) is 2.25. The molecule has 1 atom stereocenters. The Labute approximate surface area is 105 Å². The Kier molecular flexibility index (Phi) is 6.40. The van der Waals surface area contributed by atoms with E-state index >= 15 is 0 Å². The first-order valence-corrected chi connectivity index (χ1v) is 5.34. The molecule has 0 saturated heterocycles. The molecular formula is C9H15F6N3O. The van der Waals surface area contributed by atoms with Crippen LogP contribution in [0.15, 0.2) is 5.16 Å². The summed E-state index contributed by atoms with van der Waals surface area (Å²) in [6, 6.07) is 0. The molecule has 0 bridgehead atoms. The largest absolute Gasteiger partial charge is 0.409 e. The van der Waals surface area contributed by atoms with Gasteiger partial charge >= 0.3 is 12.4 Å². The molecule has 0 aliphatic carbocycles. The Morgan fingerprint density at radius 2 is 1.79 bits per heavy atom. The Hall–Kier alpha value is -1.19. The van der Waals surface area contributed by atoms with Crippen molar-refractivity contribution in [2.24, 2.45) is 16.8 Å². The van der Waals surface area contributed by atoms with Gasteiger partial charge < -0.3 is 10.9 Å². The molecule has 0 fully saturated rings. The maximum atomic E-state index is 12.6. The van der Waals surface area contributed by atoms with Gasteiger partial charge in [0, 0.05) is 6.54 Å². The molecule has 0 aromatic carbocycles. The zero-order chi connectivity index (χ0) is 15.3. The first kappa shape index (κ1) is 17.8. The van der Waals surface area contributed by atoms with Crippen molar-refractivity contribution in [1.82, 2.24) is 4.90 Å². The van der Waals surface area contributed by atoms with Crippen LogP contribution in [0.5, 0.6) is 0 Å². The van der Waals surface area contributed by atoms with Crippen LogP contribution in [-0.2, 0) is 0 Å². The summed E-state index contributed by atoms with van der Waals surface area (Å²) in [5.41, 5.74) is 4.88. The molecule has 4 nitrogen and oxygen atoms in total. The minimum atomic E-state index is -4.88. The molecule has 1 unspecified atom stereocenters. The minimum Gasteiger partial charge on any atom is -0.409 e. The second-order valence-corrected chi connectivity index (χ2v) is 3.97. The standard InChI is InChI=1S/C9H15F6N3O/c1-2-3-18(5-8(10,11)12)4-6(7(16)17-19)9(13,14)15/h6,19H,2-5H2,1H3,(H2,16,17). The van der Waals surface area contributed by atoms with Gasteiger partial charge in [-0.2, -0.15) is 26.3 Å². The average Bonchev–Trinajstić information content (AvgIpc) is 2.21. The molecule has 0 radical (unpaired) electrons. The fraction of sp³-hybridized carbons (Fsp3) is 0.889. The molecule has 0 amide bonds. The molecule has 0 heterocycles. The number of rotatable bonds is 6. The van der Waals surface area contributed by atoms with E-state index in [1.807, 2.05) is 0 Å². The van der Waals surface area contributed by atoms with Crippen molar-refractivity contribution < 1.29 is 31.5 Å². The quantitative estimate of drug-likeness (QED) is 0.259. The topological polar surface area (TPSA) is 61.8 Å². The summed E-state index contributed by atoms with van der Waals surface area (Å²) in [7, 11) is 0. The van der Waals surface area contributed by atoms with E-state index in [9.17, 15) is 26.3 Å². The molecule has 0 aromatic rings. The minimum absolute atomic E-state index is 0.176. The predicted molar refractivity (Wildman–Crippen MR) is 55.7 cm³/mol. The van der Waals surface area contributed by atoms with Crippen LogP contribution in [0.1, 0.15) is 13.3 Å². The van der Waals surface area contributed by atoms with E-state index in [4.69, 9.17) is 10.9 Å². The van der Waals surface area contributed by atoms with Gasteiger partial charge in [0.1, 0.15) is 5.92 Å². The van der Waals surface area contributed by atoms with Crippen molar-refractivity contribution in [2.75, 3.05) is 19.6 Å². The highest BCUT2D eigenvalue weighted by Gasteiger charge is 2.44. The number of nitrogens with two attached hydrogens (primary N) is 1. The Bertz CT molecular complexity index is 301. The molecule has 0 aliphatic heterocycles. The van der Waals surface area contributed by atoms with Gasteiger partial charge in [0.15, 0.2) is 5.84 Å². The summed E-state index contributed by atoms with van der Waals surface area (Å²) >= 11 is 0. The lowest BCUT2D eigenvalue weighted by atomic mass is 10.1. The van der Waals surface area contributed by atoms with Crippen molar-refractivity contribution in [3.8, 4) is 0 Å². The number of hydrogen-bond donors (Lipinski definition) is 2. The summed E-state index contributed by atoms with van der Waals surface area (Å²) in [5, 5.41) is 10.5. The third kappa shape index (κ3) is 7.09. The molecule has 0 spiro atoms. The Morgan fingerprint density at radius 1 is 1.26 bits per heavy atom. The highest BCUT2D eigenvalue weighted by molar-refractivity contribution is 5.83. The van der Waals surface area contributed by atoms with E-state index in [1.54, 1.807) is 0 Å². The predicted octanol–water partition coefficient (Wildman–Crippen LogP) is 2.19. The van der Waals surface area contributed by atoms with Gasteiger partial charge in [0.2, 0.25) is 0 Å². The number of hydrogen-bond acceptors (Lipinski definition) is 3. The van der Waals surface area contributed by atoms with Gasteiger partial charge in [0.05, 0.1) is 6.54 Å². The zero-order valence-electron chi connectivity index (χ0n) is 10.1. The normalized spacial score (nSPS) is 15.9. The summed E-state index contributed by atoms with van der Waals surface area (Å²) in [6.07, 6.45) is -9.25. The molecular weight excluding hydrogens is 280 g/mol. The van der Waals surface area contributed by atoms with Crippen molar-refractivity contribution in [2.45, 2.75) is 25.7 Å². The molecule has 3 N–H and O–H groups in total. The van der Waals surface area contributed by atoms with Crippen LogP contribution < -0.4 is 5.73 Å². The van der Waals surface area contributed by atoms with Gasteiger partial charge in [-0.25, -0.2) is 0 Å². The van der Waals surface area contributed by atoms with Crippen LogP contribution in [0.4, 0.5) is 26.3 Å². The monoisotopic (exact) mass is 295 g/mol. The Balaban J connectivity index is 4.95. The molecule has 19 heavy (non-hydrogen) atoms. The molecule has 0 aromatic heterocycles.